The lowest BCUT2D eigenvalue weighted by Crippen LogP contribution is -1.98. The van der Waals surface area contributed by atoms with Crippen LogP contribution in [0.25, 0.3) is 87.6 Å². The van der Waals surface area contributed by atoms with Crippen molar-refractivity contribution in [2.24, 2.45) is 0 Å². The van der Waals surface area contributed by atoms with Crippen LogP contribution in [-0.4, -0.2) is 0 Å². The Hall–Kier alpha value is -6.18. The van der Waals surface area contributed by atoms with Crippen LogP contribution < -0.4 is 5.73 Å². The molecule has 1 heteroatoms. The minimum Gasteiger partial charge on any atom is -0.398 e. The highest BCUT2D eigenvalue weighted by Gasteiger charge is 2.21. The van der Waals surface area contributed by atoms with Crippen LogP contribution >= 0.6 is 0 Å². The molecule has 0 aromatic heterocycles. The summed E-state index contributed by atoms with van der Waals surface area (Å²) in [7, 11) is 0. The summed E-state index contributed by atoms with van der Waals surface area (Å²) < 4.78 is 0. The van der Waals surface area contributed by atoms with Gasteiger partial charge in [-0.3, -0.25) is 0 Å². The number of para-hydroxylation sites is 1. The lowest BCUT2D eigenvalue weighted by molar-refractivity contribution is 1.57. The van der Waals surface area contributed by atoms with Gasteiger partial charge in [-0.2, -0.15) is 0 Å². The van der Waals surface area contributed by atoms with Crippen LogP contribution in [0, 0.1) is 0 Å². The Morgan fingerprint density at radius 1 is 0.277 bits per heavy atom. The molecule has 0 saturated carbocycles. The third-order valence-corrected chi connectivity index (χ3v) is 9.64. The van der Waals surface area contributed by atoms with Crippen molar-refractivity contribution in [2.45, 2.75) is 0 Å². The molecule has 9 aromatic rings. The van der Waals surface area contributed by atoms with E-state index < -0.39 is 0 Å². The summed E-state index contributed by atoms with van der Waals surface area (Å²) in [5.41, 5.74) is 17.0. The Labute approximate surface area is 274 Å². The minimum absolute atomic E-state index is 0.783. The second-order valence-corrected chi connectivity index (χ2v) is 12.2. The van der Waals surface area contributed by atoms with E-state index in [0.29, 0.717) is 0 Å². The molecule has 0 aliphatic carbocycles. The second-order valence-electron chi connectivity index (χ2n) is 12.2. The van der Waals surface area contributed by atoms with E-state index >= 15 is 0 Å². The molecule has 0 heterocycles. The minimum atomic E-state index is 0.783. The monoisotopic (exact) mass is 597 g/mol. The maximum Gasteiger partial charge on any atom is 0.0473 e. The van der Waals surface area contributed by atoms with Crippen molar-refractivity contribution in [3.05, 3.63) is 176 Å². The van der Waals surface area contributed by atoms with Gasteiger partial charge in [-0.25, -0.2) is 0 Å². The molecule has 9 aromatic carbocycles. The molecule has 1 nitrogen and oxygen atoms in total. The van der Waals surface area contributed by atoms with Crippen molar-refractivity contribution in [2.75, 3.05) is 5.73 Å². The Kier molecular flexibility index (Phi) is 6.36. The number of benzene rings is 9. The van der Waals surface area contributed by atoms with Crippen molar-refractivity contribution < 1.29 is 0 Å². The first-order chi connectivity index (χ1) is 23.3. The number of nitrogen functional groups attached to an aromatic ring is 1. The maximum absolute atomic E-state index is 7.15. The fraction of sp³-hybridized carbons (Fsp3) is 0. The van der Waals surface area contributed by atoms with Crippen LogP contribution in [0.5, 0.6) is 0 Å². The van der Waals surface area contributed by atoms with Crippen molar-refractivity contribution in [3.8, 4) is 44.5 Å². The Morgan fingerprint density at radius 2 is 0.702 bits per heavy atom. The highest BCUT2D eigenvalue weighted by Crippen LogP contribution is 2.48. The SMILES string of the molecule is Nc1c(-c2ccccc2)cccc1-c1cccc(-c2cc3ccccc3c3ccccc23)c1-c1cc2ccccc2c2ccccc12. The molecule has 0 spiro atoms. The number of hydrogen-bond donors (Lipinski definition) is 1. The third-order valence-electron chi connectivity index (χ3n) is 9.64. The van der Waals surface area contributed by atoms with Gasteiger partial charge in [0, 0.05) is 16.8 Å². The molecule has 0 atom stereocenters. The van der Waals surface area contributed by atoms with Gasteiger partial charge in [0.1, 0.15) is 0 Å². The standard InChI is InChI=1S/C46H31N/c47-46-35(30-14-2-1-3-15-30)24-12-27-42(46)40-25-13-26-41(43-28-31-16-4-6-18-33(31)36-20-8-10-22-38(36)43)45(40)44-29-32-17-5-7-19-34(32)37-21-9-11-23-39(37)44/h1-29H,47H2. The van der Waals surface area contributed by atoms with Crippen LogP contribution in [0.15, 0.2) is 176 Å². The van der Waals surface area contributed by atoms with Crippen LogP contribution in [0.4, 0.5) is 5.69 Å². The van der Waals surface area contributed by atoms with Crippen molar-refractivity contribution in [1.82, 2.24) is 0 Å². The van der Waals surface area contributed by atoms with Crippen LogP contribution in [0.1, 0.15) is 0 Å². The highest BCUT2D eigenvalue weighted by atomic mass is 14.6. The van der Waals surface area contributed by atoms with Crippen LogP contribution in [-0.2, 0) is 0 Å². The number of anilines is 1. The van der Waals surface area contributed by atoms with Gasteiger partial charge in [-0.15, -0.1) is 0 Å². The summed E-state index contributed by atoms with van der Waals surface area (Å²) in [4.78, 5) is 0. The molecular formula is C46H31N. The quantitative estimate of drug-likeness (QED) is 0.158. The Bertz CT molecular complexity index is 2630. The number of rotatable bonds is 4. The number of nitrogens with two attached hydrogens (primary N) is 1. The largest absolute Gasteiger partial charge is 0.398 e. The Morgan fingerprint density at radius 3 is 1.32 bits per heavy atom. The first kappa shape index (κ1) is 27.2. The summed E-state index contributed by atoms with van der Waals surface area (Å²) in [6, 6.07) is 63.4. The fourth-order valence-corrected chi connectivity index (χ4v) is 7.50. The maximum atomic E-state index is 7.15. The molecule has 0 fully saturated rings. The third kappa shape index (κ3) is 4.40. The molecule has 0 aliphatic heterocycles. The zero-order chi connectivity index (χ0) is 31.3. The molecule has 0 unspecified atom stereocenters. The van der Waals surface area contributed by atoms with Gasteiger partial charge in [0.25, 0.3) is 0 Å². The van der Waals surface area contributed by atoms with Crippen molar-refractivity contribution in [1.29, 1.82) is 0 Å². The summed E-state index contributed by atoms with van der Waals surface area (Å²) in [5, 5.41) is 9.93. The topological polar surface area (TPSA) is 26.0 Å². The Balaban J connectivity index is 1.44. The van der Waals surface area contributed by atoms with E-state index in [-0.39, 0.29) is 0 Å². The van der Waals surface area contributed by atoms with E-state index in [2.05, 4.69) is 170 Å². The molecule has 47 heavy (non-hydrogen) atoms. The summed E-state index contributed by atoms with van der Waals surface area (Å²) >= 11 is 0. The normalized spacial score (nSPS) is 11.5. The lowest BCUT2D eigenvalue weighted by Gasteiger charge is -2.22. The molecule has 0 radical (unpaired) electrons. The lowest BCUT2D eigenvalue weighted by atomic mass is 9.82. The van der Waals surface area contributed by atoms with Gasteiger partial charge >= 0.3 is 0 Å². The van der Waals surface area contributed by atoms with E-state index in [4.69, 9.17) is 5.73 Å². The first-order valence-corrected chi connectivity index (χ1v) is 16.2. The number of hydrogen-bond acceptors (Lipinski definition) is 1. The molecular weight excluding hydrogens is 567 g/mol. The zero-order valence-corrected chi connectivity index (χ0v) is 25.8. The van der Waals surface area contributed by atoms with Gasteiger partial charge in [-0.1, -0.05) is 164 Å². The van der Waals surface area contributed by atoms with Crippen molar-refractivity contribution >= 4 is 48.8 Å². The predicted octanol–water partition coefficient (Wildman–Crippen LogP) is 12.5. The second kappa shape index (κ2) is 11.0. The van der Waals surface area contributed by atoms with Gasteiger partial charge in [-0.05, 0) is 88.6 Å². The van der Waals surface area contributed by atoms with E-state index in [0.717, 1.165) is 27.9 Å². The number of fused-ring (bicyclic) bond motifs is 6. The fourth-order valence-electron chi connectivity index (χ4n) is 7.50. The average molecular weight is 598 g/mol. The summed E-state index contributed by atoms with van der Waals surface area (Å²) in [5.74, 6) is 0. The van der Waals surface area contributed by atoms with Crippen molar-refractivity contribution in [3.63, 3.8) is 0 Å². The summed E-state index contributed by atoms with van der Waals surface area (Å²) in [6.07, 6.45) is 0. The summed E-state index contributed by atoms with van der Waals surface area (Å²) in [6.45, 7) is 0. The van der Waals surface area contributed by atoms with Gasteiger partial charge < -0.3 is 5.73 Å². The van der Waals surface area contributed by atoms with Crippen LogP contribution in [0.3, 0.4) is 0 Å². The first-order valence-electron chi connectivity index (χ1n) is 16.2. The van der Waals surface area contributed by atoms with E-state index in [1.807, 2.05) is 6.07 Å². The van der Waals surface area contributed by atoms with Crippen LogP contribution in [0.2, 0.25) is 0 Å². The predicted molar refractivity (Wildman–Crippen MR) is 203 cm³/mol. The molecule has 0 amide bonds. The molecule has 220 valence electrons. The smallest absolute Gasteiger partial charge is 0.0473 e. The van der Waals surface area contributed by atoms with E-state index in [9.17, 15) is 0 Å². The average Bonchev–Trinajstić information content (AvgIpc) is 3.14. The van der Waals surface area contributed by atoms with E-state index in [1.54, 1.807) is 0 Å². The van der Waals surface area contributed by atoms with Gasteiger partial charge in [0.2, 0.25) is 0 Å². The zero-order valence-electron chi connectivity index (χ0n) is 25.8. The molecule has 9 rings (SSSR count). The van der Waals surface area contributed by atoms with Gasteiger partial charge in [0.15, 0.2) is 0 Å². The van der Waals surface area contributed by atoms with E-state index in [1.165, 1.54) is 65.3 Å². The molecule has 0 bridgehead atoms. The molecule has 0 saturated heterocycles. The highest BCUT2D eigenvalue weighted by molar-refractivity contribution is 6.19. The van der Waals surface area contributed by atoms with Gasteiger partial charge in [0.05, 0.1) is 0 Å². The molecule has 0 aliphatic rings. The molecule has 2 N–H and O–H groups in total.